The minimum Gasteiger partial charge on any atom is -0.394 e. The molecule has 0 aromatic carbocycles. The average Bonchev–Trinajstić information content (AvgIpc) is 3.35. The highest BCUT2D eigenvalue weighted by Gasteiger charge is 2.37. The Kier molecular flexibility index (Phi) is 4.39. The van der Waals surface area contributed by atoms with E-state index >= 15 is 0 Å². The lowest BCUT2D eigenvalue weighted by Crippen LogP contribution is -2.32. The summed E-state index contributed by atoms with van der Waals surface area (Å²) in [5, 5.41) is 32.9. The molecule has 0 bridgehead atoms. The quantitative estimate of drug-likeness (QED) is 0.390. The lowest BCUT2D eigenvalue weighted by atomic mass is 10.2. The van der Waals surface area contributed by atoms with Crippen molar-refractivity contribution in [1.82, 2.24) is 39.7 Å². The van der Waals surface area contributed by atoms with Gasteiger partial charge >= 0.3 is 5.69 Å². The molecule has 142 valence electrons. The van der Waals surface area contributed by atoms with Gasteiger partial charge in [-0.1, -0.05) is 6.08 Å². The Bertz CT molecular complexity index is 1030. The first kappa shape index (κ1) is 17.3. The van der Waals surface area contributed by atoms with Crippen LogP contribution in [0.15, 0.2) is 17.1 Å². The minimum absolute atomic E-state index is 0.0121. The van der Waals surface area contributed by atoms with Gasteiger partial charge in [-0.05, 0) is 11.3 Å². The van der Waals surface area contributed by atoms with Crippen LogP contribution in [0, 0.1) is 0 Å². The summed E-state index contributed by atoms with van der Waals surface area (Å²) in [7, 11) is 0. The number of aromatic amines is 1. The molecular formula is C14H17N9O4. The Morgan fingerprint density at radius 1 is 1.48 bits per heavy atom. The molecule has 1 aliphatic heterocycles. The van der Waals surface area contributed by atoms with Crippen molar-refractivity contribution in [3.05, 3.63) is 28.6 Å². The van der Waals surface area contributed by atoms with Gasteiger partial charge in [-0.25, -0.2) is 14.3 Å². The van der Waals surface area contributed by atoms with Crippen LogP contribution >= 0.6 is 0 Å². The first-order chi connectivity index (χ1) is 13.1. The van der Waals surface area contributed by atoms with Gasteiger partial charge in [-0.2, -0.15) is 10.2 Å². The number of nitrogens with one attached hydrogen (secondary N) is 1. The third-order valence-electron chi connectivity index (χ3n) is 4.26. The maximum Gasteiger partial charge on any atom is 0.332 e. The predicted octanol–water partition coefficient (Wildman–Crippen LogP) is -1.96. The molecule has 3 atom stereocenters. The lowest BCUT2D eigenvalue weighted by Gasteiger charge is -2.15. The van der Waals surface area contributed by atoms with E-state index in [0.29, 0.717) is 11.3 Å². The fourth-order valence-electron chi connectivity index (χ4n) is 3.06. The topological polar surface area (TPSA) is 183 Å². The molecule has 3 aromatic heterocycles. The van der Waals surface area contributed by atoms with E-state index in [2.05, 4.69) is 30.6 Å². The third-order valence-corrected chi connectivity index (χ3v) is 4.26. The highest BCUT2D eigenvalue weighted by atomic mass is 16.5. The molecule has 4 heterocycles. The fourth-order valence-corrected chi connectivity index (χ4v) is 3.06. The highest BCUT2D eigenvalue weighted by molar-refractivity contribution is 5.72. The maximum absolute atomic E-state index is 13.0. The Balaban J connectivity index is 1.76. The number of H-pyrrole nitrogens is 1. The van der Waals surface area contributed by atoms with E-state index in [1.54, 1.807) is 12.2 Å². The Hall–Kier alpha value is -3.16. The molecule has 13 heteroatoms. The highest BCUT2D eigenvalue weighted by Crippen LogP contribution is 2.30. The van der Waals surface area contributed by atoms with Crippen LogP contribution in [-0.4, -0.2) is 68.8 Å². The molecule has 1 aliphatic rings. The number of anilines is 1. The first-order valence-corrected chi connectivity index (χ1v) is 8.16. The third kappa shape index (κ3) is 3.07. The molecular weight excluding hydrogens is 358 g/mol. The van der Waals surface area contributed by atoms with E-state index in [4.69, 9.17) is 10.5 Å². The molecule has 0 saturated carbocycles. The van der Waals surface area contributed by atoms with Gasteiger partial charge in [0.1, 0.15) is 11.6 Å². The molecule has 3 aromatic rings. The molecule has 0 radical (unpaired) electrons. The van der Waals surface area contributed by atoms with E-state index in [1.165, 1.54) is 15.3 Å². The zero-order valence-electron chi connectivity index (χ0n) is 14.0. The monoisotopic (exact) mass is 375 g/mol. The number of nitrogens with two attached hydrogens (primary N) is 1. The lowest BCUT2D eigenvalue weighted by molar-refractivity contribution is -0.0505. The molecule has 0 spiro atoms. The van der Waals surface area contributed by atoms with Crippen LogP contribution in [0.3, 0.4) is 0 Å². The van der Waals surface area contributed by atoms with Gasteiger partial charge in [-0.3, -0.25) is 4.57 Å². The SMILES string of the molecule is Nc1ncc2c(n1)n([C@@H]1O[C@H](CO)C[C@H]1O)c(=O)n2C/C=C/c1nn[nH]n1. The van der Waals surface area contributed by atoms with E-state index in [1.807, 2.05) is 0 Å². The summed E-state index contributed by atoms with van der Waals surface area (Å²) in [6, 6.07) is 0. The van der Waals surface area contributed by atoms with Crippen molar-refractivity contribution in [3.8, 4) is 0 Å². The number of fused-ring (bicyclic) bond motifs is 1. The molecule has 13 nitrogen and oxygen atoms in total. The van der Waals surface area contributed by atoms with Gasteiger partial charge in [0, 0.05) is 13.0 Å². The number of imidazole rings is 1. The van der Waals surface area contributed by atoms with Crippen molar-refractivity contribution >= 4 is 23.2 Å². The normalized spacial score (nSPS) is 23.0. The number of hydrogen-bond donors (Lipinski definition) is 4. The molecule has 1 fully saturated rings. The minimum atomic E-state index is -0.978. The predicted molar refractivity (Wildman–Crippen MR) is 91.0 cm³/mol. The number of rotatable bonds is 5. The van der Waals surface area contributed by atoms with Crippen molar-refractivity contribution in [3.63, 3.8) is 0 Å². The smallest absolute Gasteiger partial charge is 0.332 e. The fraction of sp³-hybridized carbons (Fsp3) is 0.429. The molecule has 1 saturated heterocycles. The summed E-state index contributed by atoms with van der Waals surface area (Å²) in [4.78, 5) is 21.1. The zero-order valence-corrected chi connectivity index (χ0v) is 14.0. The van der Waals surface area contributed by atoms with E-state index in [9.17, 15) is 15.0 Å². The number of hydrogen-bond acceptors (Lipinski definition) is 10. The molecule has 27 heavy (non-hydrogen) atoms. The van der Waals surface area contributed by atoms with E-state index in [0.717, 1.165) is 0 Å². The number of ether oxygens (including phenoxy) is 1. The first-order valence-electron chi connectivity index (χ1n) is 8.16. The maximum atomic E-state index is 13.0. The van der Waals surface area contributed by atoms with E-state index in [-0.39, 0.29) is 31.2 Å². The van der Waals surface area contributed by atoms with Crippen LogP contribution < -0.4 is 11.4 Å². The second kappa shape index (κ2) is 6.86. The van der Waals surface area contributed by atoms with Gasteiger partial charge < -0.3 is 20.7 Å². The summed E-state index contributed by atoms with van der Waals surface area (Å²) in [6.07, 6.45) is 2.40. The molecule has 0 unspecified atom stereocenters. The average molecular weight is 375 g/mol. The number of tetrazole rings is 1. The summed E-state index contributed by atoms with van der Waals surface area (Å²) in [5.41, 5.74) is 5.88. The van der Waals surface area contributed by atoms with Crippen LogP contribution in [0.4, 0.5) is 5.95 Å². The van der Waals surface area contributed by atoms with Crippen molar-refractivity contribution in [2.75, 3.05) is 12.3 Å². The van der Waals surface area contributed by atoms with Gasteiger partial charge in [0.25, 0.3) is 0 Å². The molecule has 0 aliphatic carbocycles. The largest absolute Gasteiger partial charge is 0.394 e. The van der Waals surface area contributed by atoms with Gasteiger partial charge in [0.15, 0.2) is 17.7 Å². The number of aromatic nitrogens is 8. The number of nitrogen functional groups attached to an aromatic ring is 1. The van der Waals surface area contributed by atoms with Crippen LogP contribution in [-0.2, 0) is 11.3 Å². The van der Waals surface area contributed by atoms with Gasteiger partial charge in [0.05, 0.1) is 18.9 Å². The van der Waals surface area contributed by atoms with Crippen LogP contribution in [0.1, 0.15) is 18.5 Å². The number of aliphatic hydroxyl groups excluding tert-OH is 2. The summed E-state index contributed by atoms with van der Waals surface area (Å²) in [6.45, 7) is -0.0814. The summed E-state index contributed by atoms with van der Waals surface area (Å²) >= 11 is 0. The standard InChI is InChI=1S/C14H17N9O4/c15-13-16-5-8-11(17-13)23(12-9(25)4-7(6-24)27-12)14(26)22(8)3-1-2-10-18-20-21-19-10/h1-2,5,7,9,12,24-25H,3-4,6H2,(H2,15,16,17)(H,18,19,20,21)/b2-1+/t7-,9+,12+/m0/s1. The summed E-state index contributed by atoms with van der Waals surface area (Å²) < 4.78 is 8.25. The van der Waals surface area contributed by atoms with Crippen LogP contribution in [0.2, 0.25) is 0 Å². The second-order valence-electron chi connectivity index (χ2n) is 6.01. The summed E-state index contributed by atoms with van der Waals surface area (Å²) in [5.74, 6) is 0.356. The number of allylic oxidation sites excluding steroid dienone is 1. The van der Waals surface area contributed by atoms with Gasteiger partial charge in [-0.15, -0.1) is 10.2 Å². The molecule has 0 amide bonds. The van der Waals surface area contributed by atoms with Gasteiger partial charge in [0.2, 0.25) is 5.95 Å². The van der Waals surface area contributed by atoms with Crippen molar-refractivity contribution in [2.45, 2.75) is 31.4 Å². The number of nitrogens with zero attached hydrogens (tertiary/aromatic N) is 7. The van der Waals surface area contributed by atoms with Crippen molar-refractivity contribution in [1.29, 1.82) is 0 Å². The Labute approximate surface area is 151 Å². The van der Waals surface area contributed by atoms with Crippen LogP contribution in [0.25, 0.3) is 17.2 Å². The van der Waals surface area contributed by atoms with Crippen molar-refractivity contribution in [2.24, 2.45) is 0 Å². The number of aliphatic hydroxyl groups is 2. The van der Waals surface area contributed by atoms with Crippen molar-refractivity contribution < 1.29 is 14.9 Å². The second-order valence-corrected chi connectivity index (χ2v) is 6.01. The van der Waals surface area contributed by atoms with Crippen LogP contribution in [0.5, 0.6) is 0 Å². The molecule has 4 rings (SSSR count). The Morgan fingerprint density at radius 2 is 2.33 bits per heavy atom. The Morgan fingerprint density at radius 3 is 3.04 bits per heavy atom. The zero-order chi connectivity index (χ0) is 19.0. The van der Waals surface area contributed by atoms with E-state index < -0.39 is 24.1 Å². The molecule has 5 N–H and O–H groups in total.